The Kier molecular flexibility index (Phi) is 3.46. The lowest BCUT2D eigenvalue weighted by Gasteiger charge is -2.25. The molecule has 0 aliphatic carbocycles. The van der Waals surface area contributed by atoms with Crippen LogP contribution in [0.15, 0.2) is 12.2 Å². The molecule has 0 atom stereocenters. The van der Waals surface area contributed by atoms with Crippen molar-refractivity contribution >= 4 is 5.91 Å². The summed E-state index contributed by atoms with van der Waals surface area (Å²) in [6, 6.07) is 0. The number of hydrogen-bond acceptors (Lipinski definition) is 1. The summed E-state index contributed by atoms with van der Waals surface area (Å²) >= 11 is 0. The highest BCUT2D eigenvalue weighted by molar-refractivity contribution is 5.86. The highest BCUT2D eigenvalue weighted by Gasteiger charge is 2.25. The van der Waals surface area contributed by atoms with Gasteiger partial charge in [0.1, 0.15) is 0 Å². The summed E-state index contributed by atoms with van der Waals surface area (Å²) in [5, 5.41) is 0. The summed E-state index contributed by atoms with van der Waals surface area (Å²) in [6.45, 7) is 9.84. The van der Waals surface area contributed by atoms with Gasteiger partial charge in [-0.1, -0.05) is 6.58 Å². The van der Waals surface area contributed by atoms with E-state index in [-0.39, 0.29) is 5.91 Å². The second-order valence-corrected chi connectivity index (χ2v) is 3.35. The monoisotopic (exact) mass is 155 g/mol. The molecule has 0 fully saturated rings. The lowest BCUT2D eigenvalue weighted by atomic mass is 10.2. The van der Waals surface area contributed by atoms with Gasteiger partial charge in [0.25, 0.3) is 0 Å². The quantitative estimate of drug-likeness (QED) is 0.444. The second kappa shape index (κ2) is 3.67. The molecule has 0 rings (SSSR count). The largest absolute Gasteiger partial charge is 0.340 e. The van der Waals surface area contributed by atoms with E-state index < -0.39 is 0 Å². The number of quaternary nitrogens is 1. The van der Waals surface area contributed by atoms with Gasteiger partial charge in [-0.2, -0.15) is 0 Å². The first kappa shape index (κ1) is 10.4. The molecule has 1 amide bonds. The number of amides is 1. The first-order chi connectivity index (χ1) is 4.91. The van der Waals surface area contributed by atoms with Crippen molar-refractivity contribution < 1.29 is 9.28 Å². The lowest BCUT2D eigenvalue weighted by molar-refractivity contribution is -0.811. The Hall–Kier alpha value is -0.630. The van der Waals surface area contributed by atoms with Crippen molar-refractivity contribution in [2.75, 3.05) is 20.6 Å². The zero-order valence-electron chi connectivity index (χ0n) is 7.68. The van der Waals surface area contributed by atoms with Crippen LogP contribution < -0.4 is 0 Å². The van der Waals surface area contributed by atoms with E-state index in [9.17, 15) is 4.79 Å². The topological polar surface area (TPSA) is 17.1 Å². The van der Waals surface area contributed by atoms with Crippen LogP contribution in [0.3, 0.4) is 0 Å². The zero-order valence-corrected chi connectivity index (χ0v) is 7.68. The number of carbonyl (C=O) groups excluding carboxylic acids is 1. The van der Waals surface area contributed by atoms with Crippen LogP contribution >= 0.6 is 0 Å². The van der Waals surface area contributed by atoms with E-state index in [1.54, 1.807) is 6.92 Å². The smallest absolute Gasteiger partial charge is 0.261 e. The molecule has 2 nitrogen and oxygen atoms in total. The second-order valence-electron chi connectivity index (χ2n) is 3.35. The number of carbonyl (C=O) groups is 1. The third-order valence-electron chi connectivity index (χ3n) is 1.63. The van der Waals surface area contributed by atoms with E-state index in [0.717, 1.165) is 13.0 Å². The fraction of sp³-hybridized carbons (Fsp3) is 0.556. The Balaban J connectivity index is 4.29. The molecule has 0 unspecified atom stereocenters. The normalized spacial score (nSPS) is 11.3. The number of likely N-dealkylation sites (N-methyl/N-ethyl adjacent to an activating group) is 1. The molecule has 1 radical (unpaired) electrons. The van der Waals surface area contributed by atoms with E-state index in [2.05, 4.69) is 13.5 Å². The van der Waals surface area contributed by atoms with Crippen LogP contribution in [0.25, 0.3) is 0 Å². The minimum Gasteiger partial charge on any atom is -0.261 e. The third-order valence-corrected chi connectivity index (χ3v) is 1.63. The predicted octanol–water partition coefficient (Wildman–Crippen LogP) is 1.39. The highest BCUT2D eigenvalue weighted by atomic mass is 16.2. The summed E-state index contributed by atoms with van der Waals surface area (Å²) in [5.41, 5.74) is 0.614. The van der Waals surface area contributed by atoms with Crippen molar-refractivity contribution in [3.63, 3.8) is 0 Å². The molecular weight excluding hydrogens is 138 g/mol. The molecular formula is C9H17NO+. The number of nitrogens with zero attached hydrogens (tertiary/aromatic N) is 1. The molecule has 2 heteroatoms. The third kappa shape index (κ3) is 2.85. The van der Waals surface area contributed by atoms with Crippen molar-refractivity contribution in [2.24, 2.45) is 0 Å². The fourth-order valence-electron chi connectivity index (χ4n) is 1.01. The van der Waals surface area contributed by atoms with Crippen LogP contribution in [0.5, 0.6) is 0 Å². The molecule has 0 aromatic rings. The van der Waals surface area contributed by atoms with Crippen LogP contribution in [0, 0.1) is 6.92 Å². The summed E-state index contributed by atoms with van der Waals surface area (Å²) < 4.78 is 0.360. The first-order valence-corrected chi connectivity index (χ1v) is 3.74. The Morgan fingerprint density at radius 2 is 1.91 bits per heavy atom. The minimum atomic E-state index is 0.0913. The SMILES string of the molecule is [CH2]CC[N+](C)(C)C(=O)C(=C)C. The maximum atomic E-state index is 11.4. The van der Waals surface area contributed by atoms with Crippen molar-refractivity contribution in [1.82, 2.24) is 0 Å². The average molecular weight is 155 g/mol. The van der Waals surface area contributed by atoms with Crippen LogP contribution in [0.1, 0.15) is 13.3 Å². The Morgan fingerprint density at radius 1 is 1.45 bits per heavy atom. The molecule has 0 N–H and O–H groups in total. The van der Waals surface area contributed by atoms with Crippen LogP contribution in [-0.4, -0.2) is 31.0 Å². The molecule has 0 heterocycles. The van der Waals surface area contributed by atoms with Crippen molar-refractivity contribution in [1.29, 1.82) is 0 Å². The average Bonchev–Trinajstić information content (AvgIpc) is 1.86. The minimum absolute atomic E-state index is 0.0913. The standard InChI is InChI=1S/C9H17NO/c1-6-7-10(4,5)9(11)8(2)3/h1-2,6-7H2,3-5H3/q+1. The summed E-state index contributed by atoms with van der Waals surface area (Å²) in [4.78, 5) is 11.4. The van der Waals surface area contributed by atoms with Crippen LogP contribution in [0.4, 0.5) is 0 Å². The van der Waals surface area contributed by atoms with Crippen molar-refractivity contribution in [2.45, 2.75) is 13.3 Å². The molecule has 0 aromatic heterocycles. The van der Waals surface area contributed by atoms with Gasteiger partial charge in [0.2, 0.25) is 0 Å². The molecule has 0 saturated carbocycles. The van der Waals surface area contributed by atoms with Gasteiger partial charge in [0.15, 0.2) is 0 Å². The molecule has 0 bridgehead atoms. The summed E-state index contributed by atoms with van der Waals surface area (Å²) in [5.74, 6) is 0.0913. The van der Waals surface area contributed by atoms with Crippen LogP contribution in [-0.2, 0) is 4.79 Å². The van der Waals surface area contributed by atoms with E-state index in [1.165, 1.54) is 0 Å². The van der Waals surface area contributed by atoms with E-state index in [0.29, 0.717) is 10.1 Å². The maximum Gasteiger partial charge on any atom is 0.340 e. The number of hydrogen-bond donors (Lipinski definition) is 0. The van der Waals surface area contributed by atoms with Gasteiger partial charge in [-0.25, -0.2) is 4.79 Å². The zero-order chi connectivity index (χ0) is 9.07. The lowest BCUT2D eigenvalue weighted by Crippen LogP contribution is -2.46. The molecule has 0 saturated heterocycles. The first-order valence-electron chi connectivity index (χ1n) is 3.74. The van der Waals surface area contributed by atoms with Gasteiger partial charge in [0, 0.05) is 5.57 Å². The molecule has 11 heavy (non-hydrogen) atoms. The van der Waals surface area contributed by atoms with Crippen molar-refractivity contribution in [3.05, 3.63) is 19.1 Å². The van der Waals surface area contributed by atoms with E-state index in [4.69, 9.17) is 0 Å². The van der Waals surface area contributed by atoms with Crippen molar-refractivity contribution in [3.8, 4) is 0 Å². The maximum absolute atomic E-state index is 11.4. The summed E-state index contributed by atoms with van der Waals surface area (Å²) in [6.07, 6.45) is 0.770. The highest BCUT2D eigenvalue weighted by Crippen LogP contribution is 2.05. The van der Waals surface area contributed by atoms with Gasteiger partial charge in [-0.3, -0.25) is 4.48 Å². The summed E-state index contributed by atoms with van der Waals surface area (Å²) in [7, 11) is 3.75. The number of rotatable bonds is 3. The van der Waals surface area contributed by atoms with Gasteiger partial charge in [-0.05, 0) is 20.3 Å². The molecule has 0 aliphatic rings. The Labute approximate surface area is 69.1 Å². The predicted molar refractivity (Wildman–Crippen MR) is 46.8 cm³/mol. The Bertz CT molecular complexity index is 170. The van der Waals surface area contributed by atoms with E-state index in [1.807, 2.05) is 14.1 Å². The fourth-order valence-corrected chi connectivity index (χ4v) is 1.01. The van der Waals surface area contributed by atoms with Gasteiger partial charge in [0.05, 0.1) is 20.6 Å². The van der Waals surface area contributed by atoms with E-state index >= 15 is 0 Å². The molecule has 0 spiro atoms. The Morgan fingerprint density at radius 3 is 2.18 bits per heavy atom. The van der Waals surface area contributed by atoms with Crippen LogP contribution in [0.2, 0.25) is 0 Å². The molecule has 0 aromatic carbocycles. The van der Waals surface area contributed by atoms with Gasteiger partial charge < -0.3 is 0 Å². The molecule has 0 aliphatic heterocycles. The van der Waals surface area contributed by atoms with Gasteiger partial charge >= 0.3 is 5.91 Å². The van der Waals surface area contributed by atoms with Gasteiger partial charge in [-0.15, -0.1) is 0 Å². The molecule has 63 valence electrons.